The first-order valence-electron chi connectivity index (χ1n) is 11.5. The van der Waals surface area contributed by atoms with Gasteiger partial charge < -0.3 is 10.7 Å². The number of rotatable bonds is 9. The molecule has 10 heteroatoms. The second-order valence-corrected chi connectivity index (χ2v) is 11.0. The fraction of sp³-hybridized carbons (Fsp3) is 0.652. The highest BCUT2D eigenvalue weighted by molar-refractivity contribution is 5.93. The minimum atomic E-state index is -0.486. The molecule has 1 aliphatic rings. The average molecular weight is 466 g/mol. The Morgan fingerprint density at radius 1 is 1.09 bits per heavy atom. The Balaban J connectivity index is 2.18. The van der Waals surface area contributed by atoms with E-state index in [9.17, 15) is 19.2 Å². The van der Waals surface area contributed by atoms with Gasteiger partial charge in [-0.25, -0.2) is 9.59 Å². The number of aromatic amines is 1. The normalized spacial score (nSPS) is 22.7. The minimum Gasteiger partial charge on any atom is -0.393 e. The molecular formula is C23H41N6O4+3. The summed E-state index contributed by atoms with van der Waals surface area (Å²) in [6, 6.07) is -0.151. The van der Waals surface area contributed by atoms with E-state index in [2.05, 4.69) is 11.9 Å². The number of aromatic nitrogens is 2. The molecule has 1 aromatic heterocycles. The van der Waals surface area contributed by atoms with Crippen molar-refractivity contribution in [1.29, 1.82) is 0 Å². The Labute approximate surface area is 195 Å². The quantitative estimate of drug-likeness (QED) is 0.534. The van der Waals surface area contributed by atoms with Gasteiger partial charge in [0.1, 0.15) is 12.2 Å². The Bertz CT molecular complexity index is 1060. The summed E-state index contributed by atoms with van der Waals surface area (Å²) in [5.41, 5.74) is 5.30. The van der Waals surface area contributed by atoms with Gasteiger partial charge in [0.25, 0.3) is 11.3 Å². The molecule has 3 N–H and O–H groups in total. The highest BCUT2D eigenvalue weighted by Crippen LogP contribution is 2.31. The number of H-pyrrole nitrogens is 1. The third kappa shape index (κ3) is 5.51. The van der Waals surface area contributed by atoms with Gasteiger partial charge in [-0.2, -0.15) is 9.28 Å². The van der Waals surface area contributed by atoms with E-state index in [1.165, 1.54) is 6.20 Å². The zero-order valence-corrected chi connectivity index (χ0v) is 21.3. The van der Waals surface area contributed by atoms with Gasteiger partial charge in [-0.15, -0.1) is 4.48 Å². The molecule has 3 atom stereocenters. The summed E-state index contributed by atoms with van der Waals surface area (Å²) in [6.07, 6.45) is 5.32. The van der Waals surface area contributed by atoms with Gasteiger partial charge in [0.15, 0.2) is 6.20 Å². The van der Waals surface area contributed by atoms with Gasteiger partial charge in [0.2, 0.25) is 0 Å². The number of urea groups is 1. The lowest BCUT2D eigenvalue weighted by atomic mass is 9.93. The number of nitrogens with zero attached hydrogens (tertiary/aromatic N) is 4. The monoisotopic (exact) mass is 465 g/mol. The summed E-state index contributed by atoms with van der Waals surface area (Å²) in [4.78, 5) is 53.6. The van der Waals surface area contributed by atoms with Gasteiger partial charge in [0.05, 0.1) is 42.3 Å². The maximum absolute atomic E-state index is 13.5. The van der Waals surface area contributed by atoms with Crippen LogP contribution in [0.2, 0.25) is 0 Å². The van der Waals surface area contributed by atoms with Crippen molar-refractivity contribution in [3.8, 4) is 0 Å². The highest BCUT2D eigenvalue weighted by Gasteiger charge is 2.60. The fourth-order valence-corrected chi connectivity index (χ4v) is 4.50. The number of nitrogens with one attached hydrogen (secondary N) is 1. The Morgan fingerprint density at radius 2 is 1.70 bits per heavy atom. The minimum absolute atomic E-state index is 0.00892. The lowest BCUT2D eigenvalue weighted by molar-refractivity contribution is -0.912. The maximum atomic E-state index is 13.5. The molecular weight excluding hydrogens is 424 g/mol. The topological polar surface area (TPSA) is 115 Å². The molecule has 1 aromatic rings. The number of hydrogen-bond acceptors (Lipinski definition) is 5. The van der Waals surface area contributed by atoms with Crippen LogP contribution in [0.1, 0.15) is 33.1 Å². The van der Waals surface area contributed by atoms with Gasteiger partial charge >= 0.3 is 17.6 Å². The van der Waals surface area contributed by atoms with Gasteiger partial charge in [-0.05, 0) is 25.2 Å². The van der Waals surface area contributed by atoms with Crippen LogP contribution in [0.5, 0.6) is 0 Å². The zero-order valence-electron chi connectivity index (χ0n) is 21.3. The van der Waals surface area contributed by atoms with E-state index >= 15 is 0 Å². The predicted molar refractivity (Wildman–Crippen MR) is 128 cm³/mol. The van der Waals surface area contributed by atoms with Crippen LogP contribution in [0.3, 0.4) is 0 Å². The molecule has 0 saturated carbocycles. The van der Waals surface area contributed by atoms with E-state index in [1.807, 2.05) is 42.2 Å². The summed E-state index contributed by atoms with van der Waals surface area (Å²) in [5, 5.41) is 0. The molecule has 10 nitrogen and oxygen atoms in total. The van der Waals surface area contributed by atoms with E-state index in [0.29, 0.717) is 16.7 Å². The first-order chi connectivity index (χ1) is 15.0. The molecule has 0 aliphatic carbocycles. The van der Waals surface area contributed by atoms with E-state index in [0.717, 1.165) is 23.8 Å². The van der Waals surface area contributed by atoms with Crippen LogP contribution in [0, 0.1) is 11.8 Å². The molecule has 3 amide bonds. The second-order valence-electron chi connectivity index (χ2n) is 11.0. The van der Waals surface area contributed by atoms with Crippen molar-refractivity contribution >= 4 is 17.6 Å². The van der Waals surface area contributed by atoms with Crippen molar-refractivity contribution in [3.05, 3.63) is 38.9 Å². The number of anilines is 1. The van der Waals surface area contributed by atoms with E-state index in [4.69, 9.17) is 5.73 Å². The summed E-state index contributed by atoms with van der Waals surface area (Å²) in [5.74, 6) is 0.0222. The zero-order chi connectivity index (χ0) is 25.4. The number of likely N-dealkylation sites (N-methyl/N-ethyl adjacent to an activating group) is 2. The van der Waals surface area contributed by atoms with Crippen LogP contribution >= 0.6 is 0 Å². The number of nitrogens with two attached hydrogens (primary N) is 1. The first-order valence-corrected chi connectivity index (χ1v) is 11.5. The number of amides is 3. The standard InChI is InChI=1S/C23H40N6O4/c1-9-17(11-10-16(2)13-26-20(30)18(24)12-25-22(26)32)14-29(8)21(31)19(27(3,4)5)15-28(6,7)23(29)33/h12,15-17H,9-11,13-14,24H2,1-8H3/q+2/p+1. The highest BCUT2D eigenvalue weighted by atomic mass is 16.2. The number of quaternary nitrogens is 3. The molecule has 2 rings (SSSR count). The largest absolute Gasteiger partial charge is 0.526 e. The lowest BCUT2D eigenvalue weighted by Crippen LogP contribution is -2.69. The SMILES string of the molecule is CCC(CCC(C)Cn1c(=O)[nH]cc(N)c1=O)C[N+]1(C)C(=O)C([N+](C)(C)C)=C[N+](C)(C)C1=O. The number of carbonyl (C=O) groups excluding carboxylic acids is 2. The molecule has 2 heterocycles. The summed E-state index contributed by atoms with van der Waals surface area (Å²) in [7, 11) is 11.1. The van der Waals surface area contributed by atoms with E-state index in [-0.39, 0.29) is 45.0 Å². The van der Waals surface area contributed by atoms with E-state index in [1.54, 1.807) is 13.2 Å². The Morgan fingerprint density at radius 3 is 2.24 bits per heavy atom. The molecule has 0 aromatic carbocycles. The van der Waals surface area contributed by atoms with Crippen LogP contribution < -0.4 is 17.0 Å². The van der Waals surface area contributed by atoms with Crippen LogP contribution in [0.15, 0.2) is 27.7 Å². The van der Waals surface area contributed by atoms with Crippen molar-refractivity contribution in [1.82, 2.24) is 9.55 Å². The molecule has 0 radical (unpaired) electrons. The maximum Gasteiger partial charge on any atom is 0.526 e. The predicted octanol–water partition coefficient (Wildman–Crippen LogP) is 1.29. The number of hydrogen-bond donors (Lipinski definition) is 2. The van der Waals surface area contributed by atoms with Crippen molar-refractivity contribution in [2.45, 2.75) is 39.7 Å². The molecule has 0 fully saturated rings. The molecule has 33 heavy (non-hydrogen) atoms. The van der Waals surface area contributed by atoms with Crippen molar-refractivity contribution in [3.63, 3.8) is 0 Å². The molecule has 0 spiro atoms. The summed E-state index contributed by atoms with van der Waals surface area (Å²) < 4.78 is 1.22. The van der Waals surface area contributed by atoms with Crippen molar-refractivity contribution in [2.75, 3.05) is 54.6 Å². The molecule has 184 valence electrons. The first kappa shape index (κ1) is 26.7. The molecule has 0 saturated heterocycles. The van der Waals surface area contributed by atoms with Crippen LogP contribution in [0.25, 0.3) is 0 Å². The fourth-order valence-electron chi connectivity index (χ4n) is 4.50. The van der Waals surface area contributed by atoms with Crippen LogP contribution in [-0.2, 0) is 11.3 Å². The third-order valence-corrected chi connectivity index (χ3v) is 6.60. The number of carbonyl (C=O) groups is 2. The Kier molecular flexibility index (Phi) is 7.57. The van der Waals surface area contributed by atoms with Crippen molar-refractivity contribution in [2.24, 2.45) is 11.8 Å². The van der Waals surface area contributed by atoms with Gasteiger partial charge in [-0.1, -0.05) is 13.8 Å². The smallest absolute Gasteiger partial charge is 0.393 e. The molecule has 3 unspecified atom stereocenters. The van der Waals surface area contributed by atoms with Crippen molar-refractivity contribution < 1.29 is 23.0 Å². The van der Waals surface area contributed by atoms with Crippen LogP contribution in [-0.4, -0.2) is 83.8 Å². The van der Waals surface area contributed by atoms with Gasteiger partial charge in [0, 0.05) is 18.7 Å². The lowest BCUT2D eigenvalue weighted by Gasteiger charge is -2.40. The summed E-state index contributed by atoms with van der Waals surface area (Å²) in [6.45, 7) is 4.72. The number of nitrogen functional groups attached to an aromatic ring is 1. The number of imide groups is 1. The van der Waals surface area contributed by atoms with Gasteiger partial charge in [-0.3, -0.25) is 13.8 Å². The average Bonchev–Trinajstić information content (AvgIpc) is 2.72. The second kappa shape index (κ2) is 9.36. The Hall–Kier alpha value is -2.56. The van der Waals surface area contributed by atoms with E-state index < -0.39 is 11.2 Å². The molecule has 1 aliphatic heterocycles. The molecule has 0 bridgehead atoms. The summed E-state index contributed by atoms with van der Waals surface area (Å²) >= 11 is 0. The van der Waals surface area contributed by atoms with Crippen LogP contribution in [0.4, 0.5) is 10.5 Å². The third-order valence-electron chi connectivity index (χ3n) is 6.60.